The molecule has 1 atom stereocenters. The number of fused-ring (bicyclic) bond motifs is 2. The number of amides is 1. The van der Waals surface area contributed by atoms with Crippen LogP contribution in [0.4, 0.5) is 5.69 Å². The number of sulfonamides is 1. The van der Waals surface area contributed by atoms with Crippen molar-refractivity contribution in [1.29, 1.82) is 0 Å². The molecule has 5 nitrogen and oxygen atoms in total. The average molecular weight is 475 g/mol. The smallest absolute Gasteiger partial charge is 0.264 e. The van der Waals surface area contributed by atoms with Gasteiger partial charge in [0.1, 0.15) is 0 Å². The van der Waals surface area contributed by atoms with E-state index in [1.54, 1.807) is 12.1 Å². The van der Waals surface area contributed by atoms with Gasteiger partial charge in [0.05, 0.1) is 16.6 Å². The van der Waals surface area contributed by atoms with Crippen molar-refractivity contribution in [1.82, 2.24) is 5.32 Å². The summed E-state index contributed by atoms with van der Waals surface area (Å²) in [6, 6.07) is 23.1. The molecular formula is C28H30N2O3S. The Morgan fingerprint density at radius 1 is 0.882 bits per heavy atom. The molecule has 0 spiro atoms. The van der Waals surface area contributed by atoms with Gasteiger partial charge in [0.2, 0.25) is 5.91 Å². The molecule has 34 heavy (non-hydrogen) atoms. The summed E-state index contributed by atoms with van der Waals surface area (Å²) in [6.45, 7) is 0.492. The fourth-order valence-corrected chi connectivity index (χ4v) is 6.67. The number of carbonyl (C=O) groups excluding carboxylic acids is 1. The van der Waals surface area contributed by atoms with Crippen LogP contribution in [0.1, 0.15) is 54.0 Å². The number of para-hydroxylation sites is 1. The Morgan fingerprint density at radius 2 is 1.59 bits per heavy atom. The third-order valence-corrected chi connectivity index (χ3v) is 8.75. The van der Waals surface area contributed by atoms with Gasteiger partial charge in [-0.2, -0.15) is 0 Å². The molecule has 5 rings (SSSR count). The molecule has 1 aliphatic heterocycles. The maximum Gasteiger partial charge on any atom is 0.264 e. The molecule has 0 fully saturated rings. The summed E-state index contributed by atoms with van der Waals surface area (Å²) < 4.78 is 28.1. The van der Waals surface area contributed by atoms with Gasteiger partial charge in [-0.3, -0.25) is 9.10 Å². The molecule has 0 saturated heterocycles. The molecule has 0 bridgehead atoms. The van der Waals surface area contributed by atoms with Crippen LogP contribution in [-0.4, -0.2) is 20.9 Å². The van der Waals surface area contributed by atoms with Crippen LogP contribution in [0.2, 0.25) is 0 Å². The van der Waals surface area contributed by atoms with Gasteiger partial charge in [-0.15, -0.1) is 0 Å². The van der Waals surface area contributed by atoms with E-state index in [-0.39, 0.29) is 16.8 Å². The van der Waals surface area contributed by atoms with Crippen molar-refractivity contribution in [3.8, 4) is 0 Å². The Balaban J connectivity index is 1.22. The predicted octanol–water partition coefficient (Wildman–Crippen LogP) is 4.95. The van der Waals surface area contributed by atoms with Crippen LogP contribution in [0.3, 0.4) is 0 Å². The number of rotatable bonds is 6. The first-order chi connectivity index (χ1) is 16.5. The van der Waals surface area contributed by atoms with Crippen molar-refractivity contribution < 1.29 is 13.2 Å². The number of nitrogens with one attached hydrogen (secondary N) is 1. The van der Waals surface area contributed by atoms with Crippen LogP contribution in [0, 0.1) is 0 Å². The second kappa shape index (κ2) is 9.63. The average Bonchev–Trinajstić information content (AvgIpc) is 2.87. The molecule has 3 aromatic carbocycles. The minimum Gasteiger partial charge on any atom is -0.349 e. The quantitative estimate of drug-likeness (QED) is 0.549. The van der Waals surface area contributed by atoms with Crippen LogP contribution >= 0.6 is 0 Å². The molecule has 3 aromatic rings. The molecule has 0 radical (unpaired) electrons. The number of nitrogens with zero attached hydrogens (tertiary/aromatic N) is 1. The maximum absolute atomic E-state index is 13.3. The topological polar surface area (TPSA) is 66.5 Å². The highest BCUT2D eigenvalue weighted by molar-refractivity contribution is 7.92. The molecule has 1 heterocycles. The van der Waals surface area contributed by atoms with Crippen LogP contribution in [0.15, 0.2) is 77.7 Å². The van der Waals surface area contributed by atoms with Crippen molar-refractivity contribution in [2.75, 3.05) is 10.8 Å². The number of benzene rings is 3. The molecule has 0 aromatic heterocycles. The van der Waals surface area contributed by atoms with E-state index in [4.69, 9.17) is 0 Å². The highest BCUT2D eigenvalue weighted by atomic mass is 32.2. The van der Waals surface area contributed by atoms with E-state index in [0.717, 1.165) is 48.9 Å². The Kier molecular flexibility index (Phi) is 6.42. The largest absolute Gasteiger partial charge is 0.349 e. The fraction of sp³-hybridized carbons (Fsp3) is 0.321. The van der Waals surface area contributed by atoms with Gasteiger partial charge < -0.3 is 5.32 Å². The predicted molar refractivity (Wildman–Crippen MR) is 134 cm³/mol. The summed E-state index contributed by atoms with van der Waals surface area (Å²) in [4.78, 5) is 12.9. The summed E-state index contributed by atoms with van der Waals surface area (Å²) in [5, 5.41) is 3.19. The van der Waals surface area contributed by atoms with E-state index in [9.17, 15) is 13.2 Å². The minimum absolute atomic E-state index is 0.0309. The molecule has 1 amide bonds. The summed E-state index contributed by atoms with van der Waals surface area (Å²) in [5.41, 5.74) is 5.36. The van der Waals surface area contributed by atoms with Gasteiger partial charge in [0.25, 0.3) is 10.0 Å². The SMILES string of the molecule is O=C(CCc1ccc(S(=O)(=O)N2CCCc3ccccc32)cc1)N[C@@H]1CCCc2ccccc21. The summed E-state index contributed by atoms with van der Waals surface area (Å²) >= 11 is 0. The van der Waals surface area contributed by atoms with E-state index < -0.39 is 10.0 Å². The van der Waals surface area contributed by atoms with Gasteiger partial charge in [-0.25, -0.2) is 8.42 Å². The van der Waals surface area contributed by atoms with Crippen molar-refractivity contribution in [3.63, 3.8) is 0 Å². The number of carbonyl (C=O) groups is 1. The standard InChI is InChI=1S/C28H30N2O3S/c31-28(29-26-12-5-9-22-7-1-3-11-25(22)26)19-16-21-14-17-24(18-15-21)34(32,33)30-20-6-10-23-8-2-4-13-27(23)30/h1-4,7-8,11,13-15,17-18,26H,5-6,9-10,12,16,19-20H2,(H,29,31)/t26-/m1/s1. The first kappa shape index (κ1) is 22.7. The molecule has 6 heteroatoms. The van der Waals surface area contributed by atoms with Crippen LogP contribution in [-0.2, 0) is 34.1 Å². The minimum atomic E-state index is -3.62. The van der Waals surface area contributed by atoms with Gasteiger partial charge in [0, 0.05) is 13.0 Å². The second-order valence-corrected chi connectivity index (χ2v) is 11.0. The lowest BCUT2D eigenvalue weighted by Crippen LogP contribution is -2.35. The zero-order chi connectivity index (χ0) is 23.5. The Bertz CT molecular complexity index is 1290. The van der Waals surface area contributed by atoms with Crippen molar-refractivity contribution in [2.24, 2.45) is 0 Å². The molecule has 0 saturated carbocycles. The van der Waals surface area contributed by atoms with Gasteiger partial charge >= 0.3 is 0 Å². The highest BCUT2D eigenvalue weighted by Crippen LogP contribution is 2.32. The first-order valence-electron chi connectivity index (χ1n) is 12.1. The Labute approximate surface area is 201 Å². The summed E-state index contributed by atoms with van der Waals surface area (Å²) in [5.74, 6) is 0.0309. The fourth-order valence-electron chi connectivity index (χ4n) is 5.13. The third kappa shape index (κ3) is 4.60. The number of anilines is 1. The molecule has 0 unspecified atom stereocenters. The molecular weight excluding hydrogens is 444 g/mol. The second-order valence-electron chi connectivity index (χ2n) is 9.16. The lowest BCUT2D eigenvalue weighted by molar-refractivity contribution is -0.121. The third-order valence-electron chi connectivity index (χ3n) is 6.92. The van der Waals surface area contributed by atoms with Gasteiger partial charge in [-0.05, 0) is 79.0 Å². The van der Waals surface area contributed by atoms with Crippen molar-refractivity contribution in [2.45, 2.75) is 55.9 Å². The zero-order valence-corrected chi connectivity index (χ0v) is 20.1. The lowest BCUT2D eigenvalue weighted by Gasteiger charge is -2.30. The van der Waals surface area contributed by atoms with E-state index in [0.29, 0.717) is 19.4 Å². The lowest BCUT2D eigenvalue weighted by atomic mass is 9.87. The number of hydrogen-bond donors (Lipinski definition) is 1. The van der Waals surface area contributed by atoms with E-state index >= 15 is 0 Å². The number of aryl methyl sites for hydroxylation is 3. The van der Waals surface area contributed by atoms with Crippen LogP contribution in [0.25, 0.3) is 0 Å². The van der Waals surface area contributed by atoms with Crippen LogP contribution < -0.4 is 9.62 Å². The van der Waals surface area contributed by atoms with Crippen molar-refractivity contribution in [3.05, 3.63) is 95.1 Å². The number of hydrogen-bond acceptors (Lipinski definition) is 3. The van der Waals surface area contributed by atoms with Gasteiger partial charge in [-0.1, -0.05) is 54.6 Å². The molecule has 1 aliphatic carbocycles. The van der Waals surface area contributed by atoms with E-state index in [1.165, 1.54) is 15.4 Å². The molecule has 176 valence electrons. The molecule has 1 N–H and O–H groups in total. The maximum atomic E-state index is 13.3. The summed E-state index contributed by atoms with van der Waals surface area (Å²) in [7, 11) is -3.62. The molecule has 2 aliphatic rings. The van der Waals surface area contributed by atoms with Crippen molar-refractivity contribution >= 4 is 21.6 Å². The summed E-state index contributed by atoms with van der Waals surface area (Å²) in [6.07, 6.45) is 5.79. The Hall–Kier alpha value is -3.12. The van der Waals surface area contributed by atoms with Gasteiger partial charge in [0.15, 0.2) is 0 Å². The van der Waals surface area contributed by atoms with Crippen LogP contribution in [0.5, 0.6) is 0 Å². The first-order valence-corrected chi connectivity index (χ1v) is 13.5. The monoisotopic (exact) mass is 474 g/mol. The zero-order valence-electron chi connectivity index (χ0n) is 19.2. The highest BCUT2D eigenvalue weighted by Gasteiger charge is 2.28. The Morgan fingerprint density at radius 3 is 2.41 bits per heavy atom. The van der Waals surface area contributed by atoms with E-state index in [1.807, 2.05) is 42.5 Å². The normalized spacial score (nSPS) is 17.5. The van der Waals surface area contributed by atoms with E-state index in [2.05, 4.69) is 23.5 Å².